The lowest BCUT2D eigenvalue weighted by Crippen LogP contribution is -2.50. The molecule has 9 nitrogen and oxygen atoms in total. The van der Waals surface area contributed by atoms with Gasteiger partial charge in [0.05, 0.1) is 17.9 Å². The maximum atomic E-state index is 12.8. The van der Waals surface area contributed by atoms with Crippen LogP contribution in [-0.2, 0) is 21.4 Å². The van der Waals surface area contributed by atoms with Gasteiger partial charge in [0.2, 0.25) is 15.9 Å². The average Bonchev–Trinajstić information content (AvgIpc) is 3.27. The third kappa shape index (κ3) is 5.89. The molecule has 0 aliphatic carbocycles. The van der Waals surface area contributed by atoms with Crippen LogP contribution in [0.15, 0.2) is 53.4 Å². The SMILES string of the molecule is Cc1cc(NC(=O)CC(C)(O)N(Cc2ccccc2)C(=O)O)ccc1S(=O)(=O)N1CCCC1. The fourth-order valence-electron chi connectivity index (χ4n) is 3.90. The Balaban J connectivity index is 1.70. The molecule has 1 aliphatic heterocycles. The zero-order valence-corrected chi connectivity index (χ0v) is 19.5. The predicted octanol–water partition coefficient (Wildman–Crippen LogP) is 3.00. The summed E-state index contributed by atoms with van der Waals surface area (Å²) in [5, 5.41) is 23.0. The second kappa shape index (κ2) is 9.90. The van der Waals surface area contributed by atoms with E-state index in [0.717, 1.165) is 17.7 Å². The number of benzene rings is 2. The summed E-state index contributed by atoms with van der Waals surface area (Å²) in [7, 11) is -3.59. The van der Waals surface area contributed by atoms with E-state index in [1.165, 1.54) is 23.4 Å². The van der Waals surface area contributed by atoms with Gasteiger partial charge in [-0.05, 0) is 56.0 Å². The number of amides is 2. The molecule has 1 unspecified atom stereocenters. The van der Waals surface area contributed by atoms with E-state index in [1.807, 2.05) is 0 Å². The van der Waals surface area contributed by atoms with Crippen molar-refractivity contribution in [2.45, 2.75) is 50.3 Å². The van der Waals surface area contributed by atoms with Crippen LogP contribution in [0.3, 0.4) is 0 Å². The van der Waals surface area contributed by atoms with E-state index in [4.69, 9.17) is 0 Å². The number of anilines is 1. The Morgan fingerprint density at radius 1 is 1.12 bits per heavy atom. The van der Waals surface area contributed by atoms with Crippen molar-refractivity contribution in [2.75, 3.05) is 18.4 Å². The van der Waals surface area contributed by atoms with Crippen molar-refractivity contribution in [2.24, 2.45) is 0 Å². The molecule has 1 aliphatic rings. The molecule has 1 atom stereocenters. The van der Waals surface area contributed by atoms with Gasteiger partial charge in [-0.1, -0.05) is 30.3 Å². The topological polar surface area (TPSA) is 127 Å². The quantitative estimate of drug-likeness (QED) is 0.504. The molecule has 0 saturated carbocycles. The van der Waals surface area contributed by atoms with E-state index >= 15 is 0 Å². The minimum absolute atomic E-state index is 0.0847. The Morgan fingerprint density at radius 2 is 1.76 bits per heavy atom. The van der Waals surface area contributed by atoms with Gasteiger partial charge in [-0.2, -0.15) is 4.31 Å². The third-order valence-electron chi connectivity index (χ3n) is 5.63. The number of sulfonamides is 1. The highest BCUT2D eigenvalue weighted by Gasteiger charge is 2.36. The first-order chi connectivity index (χ1) is 15.5. The lowest BCUT2D eigenvalue weighted by atomic mass is 10.1. The smallest absolute Gasteiger partial charge is 0.409 e. The predicted molar refractivity (Wildman–Crippen MR) is 123 cm³/mol. The number of aryl methyl sites for hydroxylation is 1. The van der Waals surface area contributed by atoms with Crippen LogP contribution in [0.5, 0.6) is 0 Å². The number of nitrogens with zero attached hydrogens (tertiary/aromatic N) is 2. The second-order valence-electron chi connectivity index (χ2n) is 8.39. The van der Waals surface area contributed by atoms with E-state index in [-0.39, 0.29) is 11.4 Å². The van der Waals surface area contributed by atoms with Gasteiger partial charge in [-0.3, -0.25) is 9.69 Å². The molecule has 3 N–H and O–H groups in total. The molecule has 0 spiro atoms. The van der Waals surface area contributed by atoms with Crippen molar-refractivity contribution in [1.82, 2.24) is 9.21 Å². The minimum Gasteiger partial charge on any atom is -0.465 e. The molecule has 10 heteroatoms. The number of hydrogen-bond acceptors (Lipinski definition) is 5. The van der Waals surface area contributed by atoms with Gasteiger partial charge < -0.3 is 15.5 Å². The van der Waals surface area contributed by atoms with Crippen molar-refractivity contribution >= 4 is 27.7 Å². The molecule has 2 amide bonds. The lowest BCUT2D eigenvalue weighted by molar-refractivity contribution is -0.130. The molecule has 0 radical (unpaired) electrons. The van der Waals surface area contributed by atoms with Gasteiger partial charge in [-0.25, -0.2) is 13.2 Å². The molecular formula is C23H29N3O6S. The first kappa shape index (κ1) is 24.7. The maximum Gasteiger partial charge on any atom is 0.409 e. The number of carbonyl (C=O) groups is 2. The first-order valence-corrected chi connectivity index (χ1v) is 12.1. The molecule has 0 aromatic heterocycles. The van der Waals surface area contributed by atoms with Crippen LogP contribution in [0.25, 0.3) is 0 Å². The number of aliphatic hydroxyl groups is 1. The molecule has 1 fully saturated rings. The largest absolute Gasteiger partial charge is 0.465 e. The summed E-state index contributed by atoms with van der Waals surface area (Å²) in [6.07, 6.45) is -0.184. The van der Waals surface area contributed by atoms with Gasteiger partial charge in [0, 0.05) is 18.8 Å². The fraction of sp³-hybridized carbons (Fsp3) is 0.391. The third-order valence-corrected chi connectivity index (χ3v) is 7.69. The first-order valence-electron chi connectivity index (χ1n) is 10.7. The average molecular weight is 476 g/mol. The number of hydrogen-bond donors (Lipinski definition) is 3. The number of carboxylic acid groups (broad SMARTS) is 1. The Kier molecular flexibility index (Phi) is 7.41. The zero-order chi connectivity index (χ0) is 24.2. The molecule has 3 rings (SSSR count). The normalized spacial score (nSPS) is 16.2. The summed E-state index contributed by atoms with van der Waals surface area (Å²) < 4.78 is 27.1. The standard InChI is InChI=1S/C23H29N3O6S/c1-17-14-19(10-11-20(17)33(31,32)25-12-6-7-13-25)24-21(27)15-23(2,30)26(22(28)29)16-18-8-4-3-5-9-18/h3-5,8-11,14,30H,6-7,12-13,15-16H2,1-2H3,(H,24,27)(H,28,29). The zero-order valence-electron chi connectivity index (χ0n) is 18.7. The monoisotopic (exact) mass is 475 g/mol. The minimum atomic E-state index is -3.59. The van der Waals surface area contributed by atoms with Crippen LogP contribution in [0.1, 0.15) is 37.3 Å². The van der Waals surface area contributed by atoms with Crippen molar-refractivity contribution in [3.8, 4) is 0 Å². The van der Waals surface area contributed by atoms with E-state index in [0.29, 0.717) is 29.9 Å². The summed E-state index contributed by atoms with van der Waals surface area (Å²) in [4.78, 5) is 25.3. The van der Waals surface area contributed by atoms with Gasteiger partial charge in [0.1, 0.15) is 5.72 Å². The van der Waals surface area contributed by atoms with Crippen LogP contribution >= 0.6 is 0 Å². The summed E-state index contributed by atoms with van der Waals surface area (Å²) in [6, 6.07) is 13.3. The number of carbonyl (C=O) groups excluding carboxylic acids is 1. The molecule has 178 valence electrons. The van der Waals surface area contributed by atoms with Crippen LogP contribution < -0.4 is 5.32 Å². The highest BCUT2D eigenvalue weighted by Crippen LogP contribution is 2.26. The maximum absolute atomic E-state index is 12.8. The Bertz CT molecular complexity index is 1110. The van der Waals surface area contributed by atoms with Crippen LogP contribution in [0.4, 0.5) is 10.5 Å². The molecule has 1 heterocycles. The highest BCUT2D eigenvalue weighted by molar-refractivity contribution is 7.89. The second-order valence-corrected chi connectivity index (χ2v) is 10.3. The Morgan fingerprint density at radius 3 is 2.33 bits per heavy atom. The van der Waals surface area contributed by atoms with Crippen molar-refractivity contribution in [1.29, 1.82) is 0 Å². The van der Waals surface area contributed by atoms with Gasteiger partial charge in [0.25, 0.3) is 0 Å². The van der Waals surface area contributed by atoms with Gasteiger partial charge in [0.15, 0.2) is 0 Å². The molecule has 1 saturated heterocycles. The number of rotatable bonds is 8. The number of nitrogens with one attached hydrogen (secondary N) is 1. The van der Waals surface area contributed by atoms with E-state index in [1.54, 1.807) is 43.3 Å². The van der Waals surface area contributed by atoms with Crippen molar-refractivity contribution < 1.29 is 28.2 Å². The van der Waals surface area contributed by atoms with Crippen molar-refractivity contribution in [3.63, 3.8) is 0 Å². The van der Waals surface area contributed by atoms with Gasteiger partial charge in [-0.15, -0.1) is 0 Å². The summed E-state index contributed by atoms with van der Waals surface area (Å²) in [6.45, 7) is 3.83. The van der Waals surface area contributed by atoms with Crippen LogP contribution in [0, 0.1) is 6.92 Å². The molecule has 0 bridgehead atoms. The van der Waals surface area contributed by atoms with E-state index in [2.05, 4.69) is 5.32 Å². The molecular weight excluding hydrogens is 446 g/mol. The summed E-state index contributed by atoms with van der Waals surface area (Å²) in [5.41, 5.74) is -0.438. The molecule has 2 aromatic rings. The van der Waals surface area contributed by atoms with Crippen molar-refractivity contribution in [3.05, 3.63) is 59.7 Å². The van der Waals surface area contributed by atoms with Crippen LogP contribution in [0.2, 0.25) is 0 Å². The Labute approximate surface area is 193 Å². The van der Waals surface area contributed by atoms with Crippen LogP contribution in [-0.4, -0.2) is 58.7 Å². The van der Waals surface area contributed by atoms with Gasteiger partial charge >= 0.3 is 6.09 Å². The lowest BCUT2D eigenvalue weighted by Gasteiger charge is -2.34. The highest BCUT2D eigenvalue weighted by atomic mass is 32.2. The summed E-state index contributed by atoms with van der Waals surface area (Å²) in [5.74, 6) is -0.603. The summed E-state index contributed by atoms with van der Waals surface area (Å²) >= 11 is 0. The van der Waals surface area contributed by atoms with E-state index in [9.17, 15) is 28.2 Å². The van der Waals surface area contributed by atoms with E-state index < -0.39 is 34.2 Å². The fourth-order valence-corrected chi connectivity index (χ4v) is 5.62. The molecule has 33 heavy (non-hydrogen) atoms. The molecule has 2 aromatic carbocycles. The Hall–Kier alpha value is -2.95.